The van der Waals surface area contributed by atoms with Crippen LogP contribution < -0.4 is 0 Å². The van der Waals surface area contributed by atoms with Crippen LogP contribution in [0.2, 0.25) is 0 Å². The van der Waals surface area contributed by atoms with Crippen molar-refractivity contribution in [3.8, 4) is 0 Å². The summed E-state index contributed by atoms with van der Waals surface area (Å²) in [6.45, 7) is 38.4. The van der Waals surface area contributed by atoms with E-state index in [-0.39, 0.29) is 10.8 Å². The molecule has 4 heterocycles. The summed E-state index contributed by atoms with van der Waals surface area (Å²) in [7, 11) is 0. The number of aromatic nitrogens is 12. The second kappa shape index (κ2) is 18.9. The molecular weight excluding hydrogens is 600 g/mol. The fourth-order valence-corrected chi connectivity index (χ4v) is 4.36. The van der Waals surface area contributed by atoms with E-state index in [1.807, 2.05) is 43.5 Å². The third-order valence-corrected chi connectivity index (χ3v) is 6.41. The lowest BCUT2D eigenvalue weighted by molar-refractivity contribution is 0.321. The van der Waals surface area contributed by atoms with Gasteiger partial charge in [0.1, 0.15) is 0 Å². The van der Waals surface area contributed by atoms with E-state index in [0.717, 1.165) is 74.6 Å². The van der Waals surface area contributed by atoms with Gasteiger partial charge in [0.25, 0.3) is 0 Å². The molecule has 4 aromatic rings. The standard InChI is InChI=1S/4C9H17N3/c2*1-5-12-7-8(10-11-12)6-9(2,3)4;2*1-5-8-6-12(11-10-8)7-9(2,3)4/h2*7H,5-6H2,1-4H3;2*6H,5,7H2,1-4H3. The number of rotatable bonds is 8. The molecule has 4 rings (SSSR count). The second-order valence-electron chi connectivity index (χ2n) is 17.2. The van der Waals surface area contributed by atoms with Crippen LogP contribution in [0.4, 0.5) is 0 Å². The maximum atomic E-state index is 4.09. The highest BCUT2D eigenvalue weighted by Crippen LogP contribution is 2.20. The fraction of sp³-hybridized carbons (Fsp3) is 0.778. The average molecular weight is 669 g/mol. The van der Waals surface area contributed by atoms with E-state index >= 15 is 0 Å². The molecule has 0 aliphatic rings. The van der Waals surface area contributed by atoms with E-state index in [4.69, 9.17) is 0 Å². The Hall–Kier alpha value is -3.44. The summed E-state index contributed by atoms with van der Waals surface area (Å²) in [5.41, 5.74) is 5.47. The minimum atomic E-state index is 0.276. The van der Waals surface area contributed by atoms with E-state index < -0.39 is 0 Å². The molecule has 0 fully saturated rings. The molecule has 0 saturated heterocycles. The van der Waals surface area contributed by atoms with Crippen molar-refractivity contribution < 1.29 is 0 Å². The van der Waals surface area contributed by atoms with Crippen molar-refractivity contribution in [3.63, 3.8) is 0 Å². The fourth-order valence-electron chi connectivity index (χ4n) is 4.36. The minimum Gasteiger partial charge on any atom is -0.253 e. The minimum absolute atomic E-state index is 0.276. The van der Waals surface area contributed by atoms with E-state index in [1.54, 1.807) is 0 Å². The highest BCUT2D eigenvalue weighted by Gasteiger charge is 2.15. The number of nitrogens with zero attached hydrogens (tertiary/aromatic N) is 12. The first kappa shape index (κ1) is 42.6. The quantitative estimate of drug-likeness (QED) is 0.189. The summed E-state index contributed by atoms with van der Waals surface area (Å²) in [4.78, 5) is 0. The van der Waals surface area contributed by atoms with Crippen LogP contribution in [0.3, 0.4) is 0 Å². The van der Waals surface area contributed by atoms with Crippen molar-refractivity contribution in [1.82, 2.24) is 60.0 Å². The lowest BCUT2D eigenvalue weighted by Gasteiger charge is -2.16. The molecule has 48 heavy (non-hydrogen) atoms. The molecule has 0 bridgehead atoms. The number of hydrogen-bond donors (Lipinski definition) is 0. The molecule has 0 saturated carbocycles. The van der Waals surface area contributed by atoms with Crippen LogP contribution in [-0.4, -0.2) is 60.0 Å². The lowest BCUT2D eigenvalue weighted by atomic mass is 9.91. The SMILES string of the molecule is CCc1cn(CC(C)(C)C)nn1.CCc1cn(CC(C)(C)C)nn1.CCn1cc(CC(C)(C)C)nn1.CCn1cc(CC(C)(C)C)nn1. The molecule has 0 amide bonds. The summed E-state index contributed by atoms with van der Waals surface area (Å²) >= 11 is 0. The van der Waals surface area contributed by atoms with Gasteiger partial charge in [-0.2, -0.15) is 0 Å². The van der Waals surface area contributed by atoms with E-state index in [0.29, 0.717) is 10.8 Å². The molecule has 4 aromatic heterocycles. The van der Waals surface area contributed by atoms with Crippen molar-refractivity contribution in [2.24, 2.45) is 21.7 Å². The molecule has 0 aromatic carbocycles. The zero-order valence-corrected chi connectivity index (χ0v) is 33.3. The molecule has 0 unspecified atom stereocenters. The molecule has 0 aliphatic heterocycles. The number of hydrogen-bond acceptors (Lipinski definition) is 8. The van der Waals surface area contributed by atoms with Gasteiger partial charge in [0.15, 0.2) is 0 Å². The first-order chi connectivity index (χ1) is 22.0. The van der Waals surface area contributed by atoms with E-state index in [2.05, 4.69) is 152 Å². The van der Waals surface area contributed by atoms with Gasteiger partial charge in [-0.3, -0.25) is 18.7 Å². The van der Waals surface area contributed by atoms with Crippen molar-refractivity contribution in [2.45, 2.75) is 163 Å². The van der Waals surface area contributed by atoms with Gasteiger partial charge in [-0.05, 0) is 61.2 Å². The number of aryl methyl sites for hydroxylation is 4. The molecule has 0 aliphatic carbocycles. The maximum absolute atomic E-state index is 4.09. The highest BCUT2D eigenvalue weighted by atomic mass is 15.4. The summed E-state index contributed by atoms with van der Waals surface area (Å²) in [6.07, 6.45) is 12.0. The van der Waals surface area contributed by atoms with Gasteiger partial charge in [-0.1, -0.05) is 118 Å². The van der Waals surface area contributed by atoms with Crippen LogP contribution in [0, 0.1) is 21.7 Å². The van der Waals surface area contributed by atoms with Gasteiger partial charge in [0.05, 0.1) is 22.8 Å². The predicted molar refractivity (Wildman–Crippen MR) is 195 cm³/mol. The summed E-state index contributed by atoms with van der Waals surface area (Å²) in [5.74, 6) is 0. The lowest BCUT2D eigenvalue weighted by Crippen LogP contribution is -2.15. The molecule has 12 nitrogen and oxygen atoms in total. The van der Waals surface area contributed by atoms with Crippen molar-refractivity contribution in [3.05, 3.63) is 47.6 Å². The van der Waals surface area contributed by atoms with Crippen LogP contribution >= 0.6 is 0 Å². The van der Waals surface area contributed by atoms with Crippen molar-refractivity contribution in [2.75, 3.05) is 0 Å². The van der Waals surface area contributed by atoms with Crippen LogP contribution in [-0.2, 0) is 51.9 Å². The van der Waals surface area contributed by atoms with Crippen molar-refractivity contribution in [1.29, 1.82) is 0 Å². The Balaban J connectivity index is 0.000000320. The van der Waals surface area contributed by atoms with Crippen molar-refractivity contribution >= 4 is 0 Å². The van der Waals surface area contributed by atoms with Crippen LogP contribution in [0.5, 0.6) is 0 Å². The third kappa shape index (κ3) is 20.0. The molecule has 272 valence electrons. The summed E-state index contributed by atoms with van der Waals surface area (Å²) < 4.78 is 7.56. The molecular formula is C36H68N12. The molecule has 12 heteroatoms. The van der Waals surface area contributed by atoms with Gasteiger partial charge >= 0.3 is 0 Å². The monoisotopic (exact) mass is 669 g/mol. The Morgan fingerprint density at radius 1 is 0.396 bits per heavy atom. The Labute approximate surface area is 291 Å². The van der Waals surface area contributed by atoms with E-state index in [1.165, 1.54) is 0 Å². The summed E-state index contributed by atoms with van der Waals surface area (Å²) in [5, 5.41) is 32.3. The largest absolute Gasteiger partial charge is 0.253 e. The van der Waals surface area contributed by atoms with Crippen LogP contribution in [0.1, 0.15) is 134 Å². The first-order valence-electron chi connectivity index (χ1n) is 17.6. The molecule has 0 N–H and O–H groups in total. The average Bonchev–Trinajstić information content (AvgIpc) is 3.75. The van der Waals surface area contributed by atoms with Gasteiger partial charge in [-0.25, -0.2) is 0 Å². The normalized spacial score (nSPS) is 12.0. The van der Waals surface area contributed by atoms with Gasteiger partial charge in [0, 0.05) is 51.0 Å². The second-order valence-corrected chi connectivity index (χ2v) is 17.2. The Morgan fingerprint density at radius 3 is 0.875 bits per heavy atom. The zero-order chi connectivity index (χ0) is 36.8. The smallest absolute Gasteiger partial charge is 0.0832 e. The molecule has 0 atom stereocenters. The van der Waals surface area contributed by atoms with Gasteiger partial charge in [0.2, 0.25) is 0 Å². The van der Waals surface area contributed by atoms with Gasteiger partial charge < -0.3 is 0 Å². The Morgan fingerprint density at radius 2 is 0.667 bits per heavy atom. The highest BCUT2D eigenvalue weighted by molar-refractivity contribution is 4.96. The third-order valence-electron chi connectivity index (χ3n) is 6.41. The van der Waals surface area contributed by atoms with Crippen LogP contribution in [0.25, 0.3) is 0 Å². The zero-order valence-electron chi connectivity index (χ0n) is 33.3. The first-order valence-corrected chi connectivity index (χ1v) is 17.6. The Bertz CT molecular complexity index is 1200. The van der Waals surface area contributed by atoms with Gasteiger partial charge in [-0.15, -0.1) is 20.4 Å². The van der Waals surface area contributed by atoms with Crippen LogP contribution in [0.15, 0.2) is 24.8 Å². The Kier molecular flexibility index (Phi) is 16.8. The predicted octanol–water partition coefficient (Wildman–Crippen LogP) is 7.55. The van der Waals surface area contributed by atoms with E-state index in [9.17, 15) is 0 Å². The molecule has 0 radical (unpaired) electrons. The maximum Gasteiger partial charge on any atom is 0.0832 e. The topological polar surface area (TPSA) is 123 Å². The molecule has 0 spiro atoms. The summed E-state index contributed by atoms with van der Waals surface area (Å²) in [6, 6.07) is 0.